The molecule has 4 rings (SSSR count). The molecule has 1 fully saturated rings. The van der Waals surface area contributed by atoms with Gasteiger partial charge >= 0.3 is 0 Å². The van der Waals surface area contributed by atoms with Gasteiger partial charge in [0.1, 0.15) is 12.4 Å². The second-order valence-corrected chi connectivity index (χ2v) is 6.49. The van der Waals surface area contributed by atoms with E-state index in [1.54, 1.807) is 12.1 Å². The van der Waals surface area contributed by atoms with Gasteiger partial charge in [0.15, 0.2) is 0 Å². The second kappa shape index (κ2) is 7.58. The van der Waals surface area contributed by atoms with Crippen LogP contribution < -0.4 is 10.1 Å². The van der Waals surface area contributed by atoms with Crippen LogP contribution in [0.1, 0.15) is 23.2 Å². The minimum Gasteiger partial charge on any atom is -0.491 e. The lowest BCUT2D eigenvalue weighted by Gasteiger charge is -2.12. The summed E-state index contributed by atoms with van der Waals surface area (Å²) in [5, 5.41) is 5.20. The summed E-state index contributed by atoms with van der Waals surface area (Å²) in [5.41, 5.74) is 1.38. The maximum atomic E-state index is 12.5. The number of amides is 1. The number of hydrogen-bond acceptors (Lipinski definition) is 3. The van der Waals surface area contributed by atoms with Gasteiger partial charge in [0, 0.05) is 17.9 Å². The SMILES string of the molecule is O=C(Nc1ccc2ccccc2c1)c1ccc(OC[C@@H]2CCCO2)cc1. The molecule has 1 aliphatic heterocycles. The molecule has 4 nitrogen and oxygen atoms in total. The highest BCUT2D eigenvalue weighted by atomic mass is 16.5. The zero-order chi connectivity index (χ0) is 17.8. The molecule has 4 heteroatoms. The summed E-state index contributed by atoms with van der Waals surface area (Å²) in [6.45, 7) is 1.38. The maximum Gasteiger partial charge on any atom is 0.255 e. The molecule has 0 bridgehead atoms. The van der Waals surface area contributed by atoms with Crippen molar-refractivity contribution in [2.24, 2.45) is 0 Å². The van der Waals surface area contributed by atoms with Gasteiger partial charge in [-0.2, -0.15) is 0 Å². The van der Waals surface area contributed by atoms with E-state index in [4.69, 9.17) is 9.47 Å². The lowest BCUT2D eigenvalue weighted by atomic mass is 10.1. The molecule has 0 radical (unpaired) electrons. The fourth-order valence-electron chi connectivity index (χ4n) is 3.14. The van der Waals surface area contributed by atoms with Gasteiger partial charge in [0.05, 0.1) is 6.10 Å². The summed E-state index contributed by atoms with van der Waals surface area (Å²) in [7, 11) is 0. The smallest absolute Gasteiger partial charge is 0.255 e. The van der Waals surface area contributed by atoms with Crippen LogP contribution in [0.3, 0.4) is 0 Å². The predicted octanol–water partition coefficient (Wildman–Crippen LogP) is 4.65. The molecule has 1 amide bonds. The Morgan fingerprint density at radius 2 is 1.85 bits per heavy atom. The Morgan fingerprint density at radius 3 is 2.62 bits per heavy atom. The lowest BCUT2D eigenvalue weighted by Crippen LogP contribution is -2.16. The van der Waals surface area contributed by atoms with Crippen LogP contribution >= 0.6 is 0 Å². The summed E-state index contributed by atoms with van der Waals surface area (Å²) in [6.07, 6.45) is 2.33. The molecule has 1 atom stereocenters. The Kier molecular flexibility index (Phi) is 4.84. The first-order chi connectivity index (χ1) is 12.8. The Hall–Kier alpha value is -2.85. The minimum atomic E-state index is -0.133. The van der Waals surface area contributed by atoms with Gasteiger partial charge in [-0.05, 0) is 60.0 Å². The number of hydrogen-bond donors (Lipinski definition) is 1. The molecular weight excluding hydrogens is 326 g/mol. The average Bonchev–Trinajstić information content (AvgIpc) is 3.20. The van der Waals surface area contributed by atoms with Crippen LogP contribution in [0.2, 0.25) is 0 Å². The van der Waals surface area contributed by atoms with Gasteiger partial charge in [0.2, 0.25) is 0 Å². The largest absolute Gasteiger partial charge is 0.491 e. The first-order valence-electron chi connectivity index (χ1n) is 8.92. The van der Waals surface area contributed by atoms with E-state index in [0.717, 1.165) is 41.7 Å². The van der Waals surface area contributed by atoms with Crippen LogP contribution in [0.4, 0.5) is 5.69 Å². The maximum absolute atomic E-state index is 12.5. The third kappa shape index (κ3) is 3.86. The Balaban J connectivity index is 1.38. The van der Waals surface area contributed by atoms with Crippen LogP contribution in [0.15, 0.2) is 66.7 Å². The van der Waals surface area contributed by atoms with Gasteiger partial charge in [-0.15, -0.1) is 0 Å². The third-order valence-corrected chi connectivity index (χ3v) is 4.58. The Morgan fingerprint density at radius 1 is 1.04 bits per heavy atom. The topological polar surface area (TPSA) is 47.6 Å². The van der Waals surface area contributed by atoms with E-state index in [1.807, 2.05) is 48.5 Å². The molecule has 1 N–H and O–H groups in total. The molecule has 0 aromatic heterocycles. The number of rotatable bonds is 5. The van der Waals surface area contributed by atoms with Gasteiger partial charge in [-0.25, -0.2) is 0 Å². The third-order valence-electron chi connectivity index (χ3n) is 4.58. The molecule has 1 saturated heterocycles. The van der Waals surface area contributed by atoms with E-state index < -0.39 is 0 Å². The second-order valence-electron chi connectivity index (χ2n) is 6.49. The highest BCUT2D eigenvalue weighted by Gasteiger charge is 2.16. The van der Waals surface area contributed by atoms with Crippen molar-refractivity contribution in [1.29, 1.82) is 0 Å². The van der Waals surface area contributed by atoms with Crippen molar-refractivity contribution >= 4 is 22.4 Å². The van der Waals surface area contributed by atoms with Crippen LogP contribution in [-0.4, -0.2) is 25.2 Å². The van der Waals surface area contributed by atoms with Crippen LogP contribution in [-0.2, 0) is 4.74 Å². The van der Waals surface area contributed by atoms with E-state index in [1.165, 1.54) is 0 Å². The van der Waals surface area contributed by atoms with E-state index in [2.05, 4.69) is 11.4 Å². The number of nitrogens with one attached hydrogen (secondary N) is 1. The first-order valence-corrected chi connectivity index (χ1v) is 8.92. The number of carbonyl (C=O) groups excluding carboxylic acids is 1. The molecule has 1 aliphatic rings. The average molecular weight is 347 g/mol. The van der Waals surface area contributed by atoms with Crippen molar-refractivity contribution in [3.8, 4) is 5.75 Å². The monoisotopic (exact) mass is 347 g/mol. The predicted molar refractivity (Wildman–Crippen MR) is 103 cm³/mol. The number of carbonyl (C=O) groups is 1. The number of benzene rings is 3. The molecule has 3 aromatic rings. The van der Waals surface area contributed by atoms with Gasteiger partial charge in [0.25, 0.3) is 5.91 Å². The van der Waals surface area contributed by atoms with E-state index in [-0.39, 0.29) is 12.0 Å². The van der Waals surface area contributed by atoms with E-state index >= 15 is 0 Å². The van der Waals surface area contributed by atoms with Crippen molar-refractivity contribution in [2.45, 2.75) is 18.9 Å². The molecule has 26 heavy (non-hydrogen) atoms. The fourth-order valence-corrected chi connectivity index (χ4v) is 3.14. The van der Waals surface area contributed by atoms with Gasteiger partial charge in [-0.1, -0.05) is 30.3 Å². The number of ether oxygens (including phenoxy) is 2. The summed E-state index contributed by atoms with van der Waals surface area (Å²) in [6, 6.07) is 21.2. The molecule has 3 aromatic carbocycles. The Labute approximate surface area is 152 Å². The van der Waals surface area contributed by atoms with Crippen molar-refractivity contribution in [1.82, 2.24) is 0 Å². The fraction of sp³-hybridized carbons (Fsp3) is 0.227. The summed E-state index contributed by atoms with van der Waals surface area (Å²) in [5.74, 6) is 0.619. The van der Waals surface area contributed by atoms with Gasteiger partial charge < -0.3 is 14.8 Å². The normalized spacial score (nSPS) is 16.5. The highest BCUT2D eigenvalue weighted by molar-refractivity contribution is 6.05. The summed E-state index contributed by atoms with van der Waals surface area (Å²) < 4.78 is 11.3. The van der Waals surface area contributed by atoms with Crippen LogP contribution in [0, 0.1) is 0 Å². The molecule has 0 saturated carbocycles. The van der Waals surface area contributed by atoms with Gasteiger partial charge in [-0.3, -0.25) is 4.79 Å². The summed E-state index contributed by atoms with van der Waals surface area (Å²) >= 11 is 0. The van der Waals surface area contributed by atoms with Crippen molar-refractivity contribution in [3.63, 3.8) is 0 Å². The number of anilines is 1. The standard InChI is InChI=1S/C22H21NO3/c24-22(23-19-10-7-16-4-1-2-5-18(16)14-19)17-8-11-20(12-9-17)26-15-21-6-3-13-25-21/h1-2,4-5,7-12,14,21H,3,6,13,15H2,(H,23,24)/t21-/m0/s1. The van der Waals surface area contributed by atoms with E-state index in [9.17, 15) is 4.79 Å². The molecule has 0 aliphatic carbocycles. The van der Waals surface area contributed by atoms with E-state index in [0.29, 0.717) is 12.2 Å². The summed E-state index contributed by atoms with van der Waals surface area (Å²) in [4.78, 5) is 12.5. The van der Waals surface area contributed by atoms with Crippen molar-refractivity contribution in [2.75, 3.05) is 18.5 Å². The highest BCUT2D eigenvalue weighted by Crippen LogP contribution is 2.20. The first kappa shape index (κ1) is 16.6. The lowest BCUT2D eigenvalue weighted by molar-refractivity contribution is 0.0679. The Bertz CT molecular complexity index is 899. The molecule has 132 valence electrons. The zero-order valence-electron chi connectivity index (χ0n) is 14.5. The van der Waals surface area contributed by atoms with Crippen LogP contribution in [0.25, 0.3) is 10.8 Å². The van der Waals surface area contributed by atoms with Crippen molar-refractivity contribution in [3.05, 3.63) is 72.3 Å². The van der Waals surface area contributed by atoms with Crippen molar-refractivity contribution < 1.29 is 14.3 Å². The molecular formula is C22H21NO3. The molecule has 1 heterocycles. The molecule has 0 spiro atoms. The number of fused-ring (bicyclic) bond motifs is 1. The van der Waals surface area contributed by atoms with Crippen LogP contribution in [0.5, 0.6) is 5.75 Å². The minimum absolute atomic E-state index is 0.133. The zero-order valence-corrected chi connectivity index (χ0v) is 14.5. The quantitative estimate of drug-likeness (QED) is 0.731. The molecule has 0 unspecified atom stereocenters.